The number of carbonyl (C=O) groups is 2. The summed E-state index contributed by atoms with van der Waals surface area (Å²) in [4.78, 5) is 22.3. The van der Waals surface area contributed by atoms with Crippen LogP contribution in [0.1, 0.15) is 53.9 Å². The van der Waals surface area contributed by atoms with Gasteiger partial charge >= 0.3 is 5.97 Å². The maximum Gasteiger partial charge on any atom is 0.303 e. The zero-order valence-corrected chi connectivity index (χ0v) is 10.8. The van der Waals surface area contributed by atoms with Gasteiger partial charge in [0, 0.05) is 24.9 Å². The standard InChI is InChI=1S/C13H18N2O4/c16-11(17)7-4-8-14-13(18)12-9-5-2-1-3-6-10(9)19-15-12/h1-8H2,(H,14,18)(H,16,17). The molecule has 6 nitrogen and oxygen atoms in total. The van der Waals surface area contributed by atoms with Gasteiger partial charge in [-0.3, -0.25) is 9.59 Å². The lowest BCUT2D eigenvalue weighted by molar-refractivity contribution is -0.137. The van der Waals surface area contributed by atoms with Crippen LogP contribution >= 0.6 is 0 Å². The molecule has 0 saturated heterocycles. The Hall–Kier alpha value is -1.85. The van der Waals surface area contributed by atoms with Gasteiger partial charge in [0.1, 0.15) is 5.76 Å². The van der Waals surface area contributed by atoms with Crippen molar-refractivity contribution < 1.29 is 19.2 Å². The zero-order chi connectivity index (χ0) is 13.7. The van der Waals surface area contributed by atoms with Gasteiger partial charge in [0.15, 0.2) is 5.69 Å². The number of aryl methyl sites for hydroxylation is 1. The number of aromatic nitrogens is 1. The van der Waals surface area contributed by atoms with Crippen LogP contribution in [-0.2, 0) is 17.6 Å². The lowest BCUT2D eigenvalue weighted by Gasteiger charge is -2.03. The average Bonchev–Trinajstić information content (AvgIpc) is 2.63. The molecule has 1 aromatic heterocycles. The molecule has 1 heterocycles. The van der Waals surface area contributed by atoms with Crippen molar-refractivity contribution >= 4 is 11.9 Å². The van der Waals surface area contributed by atoms with E-state index in [1.807, 2.05) is 0 Å². The van der Waals surface area contributed by atoms with Crippen LogP contribution in [0.15, 0.2) is 4.52 Å². The van der Waals surface area contributed by atoms with Crippen LogP contribution in [0.2, 0.25) is 0 Å². The highest BCUT2D eigenvalue weighted by Gasteiger charge is 2.22. The van der Waals surface area contributed by atoms with Gasteiger partial charge in [-0.25, -0.2) is 0 Å². The number of hydrogen-bond donors (Lipinski definition) is 2. The number of carboxylic acids is 1. The maximum absolute atomic E-state index is 12.0. The molecular formula is C13H18N2O4. The van der Waals surface area contributed by atoms with Crippen molar-refractivity contribution in [2.75, 3.05) is 6.54 Å². The summed E-state index contributed by atoms with van der Waals surface area (Å²) in [5.74, 6) is -0.296. The Kier molecular flexibility index (Phi) is 4.54. The molecule has 6 heteroatoms. The van der Waals surface area contributed by atoms with E-state index in [0.29, 0.717) is 18.7 Å². The smallest absolute Gasteiger partial charge is 0.303 e. The third-order valence-electron chi connectivity index (χ3n) is 3.27. The van der Waals surface area contributed by atoms with Crippen LogP contribution in [0.5, 0.6) is 0 Å². The minimum absolute atomic E-state index is 0.0528. The first-order chi connectivity index (χ1) is 9.18. The highest BCUT2D eigenvalue weighted by atomic mass is 16.5. The van der Waals surface area contributed by atoms with Crippen LogP contribution < -0.4 is 5.32 Å². The van der Waals surface area contributed by atoms with Crippen molar-refractivity contribution in [2.24, 2.45) is 0 Å². The van der Waals surface area contributed by atoms with Gasteiger partial charge in [-0.15, -0.1) is 0 Å². The number of carbonyl (C=O) groups excluding carboxylic acids is 1. The summed E-state index contributed by atoms with van der Waals surface area (Å²) in [6, 6.07) is 0. The monoisotopic (exact) mass is 266 g/mol. The van der Waals surface area contributed by atoms with Gasteiger partial charge in [-0.1, -0.05) is 11.6 Å². The summed E-state index contributed by atoms with van der Waals surface area (Å²) in [5.41, 5.74) is 1.29. The number of amides is 1. The van der Waals surface area contributed by atoms with E-state index in [1.165, 1.54) is 0 Å². The van der Waals surface area contributed by atoms with E-state index in [0.717, 1.165) is 43.4 Å². The Balaban J connectivity index is 1.92. The topological polar surface area (TPSA) is 92.4 Å². The molecule has 1 aliphatic rings. The molecule has 0 spiro atoms. The summed E-state index contributed by atoms with van der Waals surface area (Å²) in [6.45, 7) is 0.340. The van der Waals surface area contributed by atoms with Gasteiger partial charge in [0.2, 0.25) is 0 Å². The third-order valence-corrected chi connectivity index (χ3v) is 3.27. The Morgan fingerprint density at radius 3 is 2.84 bits per heavy atom. The van der Waals surface area contributed by atoms with E-state index in [2.05, 4.69) is 10.5 Å². The highest BCUT2D eigenvalue weighted by molar-refractivity contribution is 5.93. The van der Waals surface area contributed by atoms with Crippen molar-refractivity contribution in [3.05, 3.63) is 17.0 Å². The molecule has 2 rings (SSSR count). The Bertz CT molecular complexity index is 467. The van der Waals surface area contributed by atoms with Gasteiger partial charge in [0.25, 0.3) is 5.91 Å². The first-order valence-electron chi connectivity index (χ1n) is 6.66. The molecule has 0 atom stereocenters. The van der Waals surface area contributed by atoms with Crippen LogP contribution in [0.25, 0.3) is 0 Å². The van der Waals surface area contributed by atoms with Crippen molar-refractivity contribution in [1.29, 1.82) is 0 Å². The molecule has 0 saturated carbocycles. The molecule has 0 aliphatic heterocycles. The molecule has 0 radical (unpaired) electrons. The van der Waals surface area contributed by atoms with E-state index >= 15 is 0 Å². The number of nitrogens with one attached hydrogen (secondary N) is 1. The molecule has 0 aromatic carbocycles. The molecule has 1 aromatic rings. The minimum atomic E-state index is -0.857. The second kappa shape index (κ2) is 6.36. The Labute approximate surface area is 111 Å². The number of fused-ring (bicyclic) bond motifs is 1. The van der Waals surface area contributed by atoms with E-state index in [9.17, 15) is 9.59 Å². The first-order valence-corrected chi connectivity index (χ1v) is 6.66. The van der Waals surface area contributed by atoms with E-state index in [4.69, 9.17) is 9.63 Å². The van der Waals surface area contributed by atoms with Gasteiger partial charge in [0.05, 0.1) is 0 Å². The number of nitrogens with zero attached hydrogens (tertiary/aromatic N) is 1. The van der Waals surface area contributed by atoms with Gasteiger partial charge in [-0.2, -0.15) is 0 Å². The number of hydrogen-bond acceptors (Lipinski definition) is 4. The second-order valence-corrected chi connectivity index (χ2v) is 4.75. The fraction of sp³-hybridized carbons (Fsp3) is 0.615. The molecule has 0 bridgehead atoms. The summed E-state index contributed by atoms with van der Waals surface area (Å²) in [7, 11) is 0. The zero-order valence-electron chi connectivity index (χ0n) is 10.8. The Morgan fingerprint density at radius 1 is 1.26 bits per heavy atom. The van der Waals surface area contributed by atoms with Crippen molar-refractivity contribution in [3.63, 3.8) is 0 Å². The Morgan fingerprint density at radius 2 is 2.05 bits per heavy atom. The fourth-order valence-electron chi connectivity index (χ4n) is 2.27. The van der Waals surface area contributed by atoms with Gasteiger partial charge < -0.3 is 14.9 Å². The summed E-state index contributed by atoms with van der Waals surface area (Å²) < 4.78 is 5.23. The predicted molar refractivity (Wildman–Crippen MR) is 67.0 cm³/mol. The normalized spacial score (nSPS) is 14.5. The predicted octanol–water partition coefficient (Wildman–Crippen LogP) is 1.54. The minimum Gasteiger partial charge on any atom is -0.481 e. The molecule has 1 aliphatic carbocycles. The molecule has 1 amide bonds. The number of rotatable bonds is 5. The molecule has 0 unspecified atom stereocenters. The molecular weight excluding hydrogens is 248 g/mol. The lowest BCUT2D eigenvalue weighted by Crippen LogP contribution is -2.26. The summed E-state index contributed by atoms with van der Waals surface area (Å²) >= 11 is 0. The SMILES string of the molecule is O=C(O)CCCNC(=O)c1noc2c1CCCCC2. The maximum atomic E-state index is 12.0. The summed E-state index contributed by atoms with van der Waals surface area (Å²) in [6.07, 6.45) is 5.41. The molecule has 104 valence electrons. The van der Waals surface area contributed by atoms with E-state index in [-0.39, 0.29) is 12.3 Å². The lowest BCUT2D eigenvalue weighted by atomic mass is 10.1. The van der Waals surface area contributed by atoms with E-state index in [1.54, 1.807) is 0 Å². The molecule has 2 N–H and O–H groups in total. The van der Waals surface area contributed by atoms with Crippen LogP contribution in [0.4, 0.5) is 0 Å². The molecule has 19 heavy (non-hydrogen) atoms. The highest BCUT2D eigenvalue weighted by Crippen LogP contribution is 2.23. The fourth-order valence-corrected chi connectivity index (χ4v) is 2.27. The van der Waals surface area contributed by atoms with Crippen molar-refractivity contribution in [1.82, 2.24) is 10.5 Å². The average molecular weight is 266 g/mol. The number of carboxylic acid groups (broad SMARTS) is 1. The third kappa shape index (κ3) is 3.56. The second-order valence-electron chi connectivity index (χ2n) is 4.75. The quantitative estimate of drug-likeness (QED) is 0.623. The first kappa shape index (κ1) is 13.6. The molecule has 0 fully saturated rings. The van der Waals surface area contributed by atoms with Crippen LogP contribution in [0.3, 0.4) is 0 Å². The largest absolute Gasteiger partial charge is 0.481 e. The van der Waals surface area contributed by atoms with Crippen LogP contribution in [-0.4, -0.2) is 28.7 Å². The van der Waals surface area contributed by atoms with E-state index < -0.39 is 5.97 Å². The van der Waals surface area contributed by atoms with Gasteiger partial charge in [-0.05, 0) is 25.7 Å². The van der Waals surface area contributed by atoms with Crippen molar-refractivity contribution in [3.8, 4) is 0 Å². The van der Waals surface area contributed by atoms with Crippen LogP contribution in [0, 0.1) is 0 Å². The van der Waals surface area contributed by atoms with Crippen molar-refractivity contribution in [2.45, 2.75) is 44.9 Å². The summed E-state index contributed by atoms with van der Waals surface area (Å²) in [5, 5.41) is 15.0. The number of aliphatic carboxylic acids is 1.